The molecule has 20 heavy (non-hydrogen) atoms. The van der Waals surface area contributed by atoms with Crippen LogP contribution in [0.25, 0.3) is 0 Å². The number of hydrogen-bond acceptors (Lipinski definition) is 4. The summed E-state index contributed by atoms with van der Waals surface area (Å²) in [5.41, 5.74) is 0.989. The molecule has 0 bridgehead atoms. The van der Waals surface area contributed by atoms with Gasteiger partial charge >= 0.3 is 0 Å². The second kappa shape index (κ2) is 9.31. The number of aromatic nitrogens is 1. The Morgan fingerprint density at radius 1 is 1.40 bits per heavy atom. The molecular formula is C15H25N3O2. The summed E-state index contributed by atoms with van der Waals surface area (Å²) in [4.78, 5) is 15.7. The lowest BCUT2D eigenvalue weighted by Crippen LogP contribution is -2.31. The van der Waals surface area contributed by atoms with Crippen LogP contribution in [-0.4, -0.2) is 30.1 Å². The van der Waals surface area contributed by atoms with Gasteiger partial charge in [-0.25, -0.2) is 0 Å². The van der Waals surface area contributed by atoms with Crippen LogP contribution in [0, 0.1) is 0 Å². The fraction of sp³-hybridized carbons (Fsp3) is 0.600. The Kier molecular flexibility index (Phi) is 7.65. The van der Waals surface area contributed by atoms with Crippen molar-refractivity contribution in [3.05, 3.63) is 24.0 Å². The first kappa shape index (κ1) is 16.4. The summed E-state index contributed by atoms with van der Waals surface area (Å²) in [6.07, 6.45) is 3.17. The Bertz CT molecular complexity index is 391. The number of pyridine rings is 1. The van der Waals surface area contributed by atoms with Crippen molar-refractivity contribution in [2.24, 2.45) is 0 Å². The van der Waals surface area contributed by atoms with E-state index < -0.39 is 0 Å². The lowest BCUT2D eigenvalue weighted by atomic mass is 10.3. The van der Waals surface area contributed by atoms with Crippen molar-refractivity contribution >= 4 is 5.91 Å². The molecule has 0 spiro atoms. The molecule has 1 rings (SSSR count). The monoisotopic (exact) mass is 279 g/mol. The highest BCUT2D eigenvalue weighted by molar-refractivity contribution is 5.76. The molecule has 0 atom stereocenters. The zero-order chi connectivity index (χ0) is 14.8. The molecule has 0 saturated carbocycles. The number of hydrogen-bond donors (Lipinski definition) is 2. The number of rotatable bonds is 9. The van der Waals surface area contributed by atoms with Crippen LogP contribution < -0.4 is 15.4 Å². The summed E-state index contributed by atoms with van der Waals surface area (Å²) in [6, 6.07) is 3.99. The molecule has 1 heterocycles. The fourth-order valence-corrected chi connectivity index (χ4v) is 1.65. The molecule has 0 aromatic carbocycles. The van der Waals surface area contributed by atoms with Gasteiger partial charge in [0.05, 0.1) is 24.9 Å². The summed E-state index contributed by atoms with van der Waals surface area (Å²) in [7, 11) is 0. The van der Waals surface area contributed by atoms with Gasteiger partial charge in [0.15, 0.2) is 0 Å². The minimum absolute atomic E-state index is 0.00773. The van der Waals surface area contributed by atoms with E-state index in [1.54, 1.807) is 6.20 Å². The second-order valence-electron chi connectivity index (χ2n) is 4.98. The number of amides is 1. The van der Waals surface area contributed by atoms with E-state index in [-0.39, 0.29) is 11.9 Å². The molecular weight excluding hydrogens is 254 g/mol. The molecule has 1 amide bonds. The molecule has 0 aliphatic carbocycles. The van der Waals surface area contributed by atoms with E-state index >= 15 is 0 Å². The molecule has 112 valence electrons. The first-order valence-corrected chi connectivity index (χ1v) is 7.19. The summed E-state index contributed by atoms with van der Waals surface area (Å²) in [5, 5.41) is 6.11. The van der Waals surface area contributed by atoms with Gasteiger partial charge < -0.3 is 15.4 Å². The number of carbonyl (C=O) groups excluding carboxylic acids is 1. The van der Waals surface area contributed by atoms with Gasteiger partial charge in [-0.05, 0) is 38.9 Å². The Morgan fingerprint density at radius 2 is 2.20 bits per heavy atom. The van der Waals surface area contributed by atoms with E-state index in [4.69, 9.17) is 4.74 Å². The Balaban J connectivity index is 2.26. The standard InChI is InChI=1S/C15H25N3O2/c1-4-8-16-10-13-5-6-14(11-17-13)20-9-7-15(19)18-12(2)3/h5-6,11-12,16H,4,7-10H2,1-3H3,(H,18,19). The largest absolute Gasteiger partial charge is 0.491 e. The van der Waals surface area contributed by atoms with Gasteiger partial charge in [0.25, 0.3) is 0 Å². The summed E-state index contributed by atoms with van der Waals surface area (Å²) in [6.45, 7) is 8.14. The molecule has 5 heteroatoms. The lowest BCUT2D eigenvalue weighted by molar-refractivity contribution is -0.122. The van der Waals surface area contributed by atoms with Crippen molar-refractivity contribution in [1.82, 2.24) is 15.6 Å². The number of carbonyl (C=O) groups is 1. The van der Waals surface area contributed by atoms with Crippen molar-refractivity contribution in [1.29, 1.82) is 0 Å². The summed E-state index contributed by atoms with van der Waals surface area (Å²) >= 11 is 0. The van der Waals surface area contributed by atoms with Gasteiger partial charge in [0.2, 0.25) is 5.91 Å². The third kappa shape index (κ3) is 7.09. The Labute approximate surface area is 121 Å². The molecule has 2 N–H and O–H groups in total. The topological polar surface area (TPSA) is 63.2 Å². The highest BCUT2D eigenvalue weighted by Gasteiger charge is 2.03. The predicted molar refractivity (Wildman–Crippen MR) is 79.6 cm³/mol. The van der Waals surface area contributed by atoms with Crippen LogP contribution in [0.5, 0.6) is 5.75 Å². The Morgan fingerprint density at radius 3 is 2.80 bits per heavy atom. The van der Waals surface area contributed by atoms with E-state index in [0.29, 0.717) is 18.8 Å². The number of nitrogens with one attached hydrogen (secondary N) is 2. The zero-order valence-electron chi connectivity index (χ0n) is 12.6. The zero-order valence-corrected chi connectivity index (χ0v) is 12.6. The normalized spacial score (nSPS) is 10.6. The minimum Gasteiger partial charge on any atom is -0.491 e. The molecule has 1 aromatic rings. The van der Waals surface area contributed by atoms with Gasteiger partial charge in [0, 0.05) is 12.6 Å². The molecule has 1 aromatic heterocycles. The number of ether oxygens (including phenoxy) is 1. The van der Waals surface area contributed by atoms with E-state index in [9.17, 15) is 4.79 Å². The van der Waals surface area contributed by atoms with Gasteiger partial charge in [-0.1, -0.05) is 6.92 Å². The molecule has 5 nitrogen and oxygen atoms in total. The van der Waals surface area contributed by atoms with Crippen LogP contribution >= 0.6 is 0 Å². The molecule has 0 fully saturated rings. The van der Waals surface area contributed by atoms with Gasteiger partial charge in [-0.15, -0.1) is 0 Å². The van der Waals surface area contributed by atoms with Gasteiger partial charge in [-0.3, -0.25) is 9.78 Å². The average molecular weight is 279 g/mol. The summed E-state index contributed by atoms with van der Waals surface area (Å²) in [5.74, 6) is 0.704. The molecule has 0 unspecified atom stereocenters. The van der Waals surface area contributed by atoms with E-state index in [2.05, 4.69) is 22.5 Å². The highest BCUT2D eigenvalue weighted by Crippen LogP contribution is 2.09. The van der Waals surface area contributed by atoms with Gasteiger partial charge in [0.1, 0.15) is 5.75 Å². The van der Waals surface area contributed by atoms with Crippen molar-refractivity contribution in [2.75, 3.05) is 13.2 Å². The van der Waals surface area contributed by atoms with Crippen LogP contribution in [0.4, 0.5) is 0 Å². The smallest absolute Gasteiger partial charge is 0.223 e. The van der Waals surface area contributed by atoms with Crippen LogP contribution in [0.2, 0.25) is 0 Å². The first-order valence-electron chi connectivity index (χ1n) is 7.19. The van der Waals surface area contributed by atoms with E-state index in [1.807, 2.05) is 26.0 Å². The SMILES string of the molecule is CCCNCc1ccc(OCCC(=O)NC(C)C)cn1. The third-order valence-electron chi connectivity index (χ3n) is 2.58. The maximum absolute atomic E-state index is 11.4. The third-order valence-corrected chi connectivity index (χ3v) is 2.58. The van der Waals surface area contributed by atoms with Crippen molar-refractivity contribution in [3.8, 4) is 5.75 Å². The van der Waals surface area contributed by atoms with Crippen molar-refractivity contribution in [3.63, 3.8) is 0 Å². The molecule has 0 radical (unpaired) electrons. The van der Waals surface area contributed by atoms with E-state index in [1.165, 1.54) is 0 Å². The average Bonchev–Trinajstić information content (AvgIpc) is 2.40. The second-order valence-corrected chi connectivity index (χ2v) is 4.98. The van der Waals surface area contributed by atoms with Crippen molar-refractivity contribution < 1.29 is 9.53 Å². The maximum atomic E-state index is 11.4. The van der Waals surface area contributed by atoms with Crippen LogP contribution in [-0.2, 0) is 11.3 Å². The quantitative estimate of drug-likeness (QED) is 0.677. The van der Waals surface area contributed by atoms with Crippen LogP contribution in [0.3, 0.4) is 0 Å². The fourth-order valence-electron chi connectivity index (χ4n) is 1.65. The maximum Gasteiger partial charge on any atom is 0.223 e. The predicted octanol–water partition coefficient (Wildman–Crippen LogP) is 1.87. The summed E-state index contributed by atoms with van der Waals surface area (Å²) < 4.78 is 5.50. The van der Waals surface area contributed by atoms with Crippen LogP contribution in [0.1, 0.15) is 39.3 Å². The minimum atomic E-state index is 0.00773. The molecule has 0 saturated heterocycles. The van der Waals surface area contributed by atoms with E-state index in [0.717, 1.165) is 25.2 Å². The first-order chi connectivity index (χ1) is 9.61. The Hall–Kier alpha value is -1.62. The molecule has 0 aliphatic heterocycles. The molecule has 0 aliphatic rings. The van der Waals surface area contributed by atoms with Crippen LogP contribution in [0.15, 0.2) is 18.3 Å². The lowest BCUT2D eigenvalue weighted by Gasteiger charge is -2.09. The van der Waals surface area contributed by atoms with Gasteiger partial charge in [-0.2, -0.15) is 0 Å². The highest BCUT2D eigenvalue weighted by atomic mass is 16.5. The number of nitrogens with zero attached hydrogens (tertiary/aromatic N) is 1. The van der Waals surface area contributed by atoms with Crippen molar-refractivity contribution in [2.45, 2.75) is 46.2 Å².